The Morgan fingerprint density at radius 1 is 1.18 bits per heavy atom. The van der Waals surface area contributed by atoms with Crippen LogP contribution in [0.3, 0.4) is 0 Å². The smallest absolute Gasteiger partial charge is 0.253 e. The number of hydrogen-bond acceptors (Lipinski definition) is 6. The third-order valence-corrected chi connectivity index (χ3v) is 7.68. The van der Waals surface area contributed by atoms with E-state index in [9.17, 15) is 4.79 Å². The van der Waals surface area contributed by atoms with E-state index in [0.717, 1.165) is 58.6 Å². The summed E-state index contributed by atoms with van der Waals surface area (Å²) in [6.07, 6.45) is 9.73. The first-order chi connectivity index (χ1) is 18.6. The minimum absolute atomic E-state index is 0.0587. The lowest BCUT2D eigenvalue weighted by Crippen LogP contribution is -2.25. The lowest BCUT2D eigenvalue weighted by Gasteiger charge is -2.13. The minimum Gasteiger partial charge on any atom is -0.497 e. The van der Waals surface area contributed by atoms with Crippen molar-refractivity contribution in [3.63, 3.8) is 0 Å². The Morgan fingerprint density at radius 2 is 2.03 bits per heavy atom. The summed E-state index contributed by atoms with van der Waals surface area (Å²) in [5, 5.41) is 5.99. The van der Waals surface area contributed by atoms with Crippen molar-refractivity contribution in [1.29, 1.82) is 0 Å². The molecule has 7 nitrogen and oxygen atoms in total. The van der Waals surface area contributed by atoms with Crippen LogP contribution in [0.5, 0.6) is 11.5 Å². The van der Waals surface area contributed by atoms with Gasteiger partial charge >= 0.3 is 0 Å². The number of nitrogens with one attached hydrogen (secondary N) is 1. The molecule has 0 fully saturated rings. The molecule has 3 heterocycles. The van der Waals surface area contributed by atoms with Crippen molar-refractivity contribution in [2.45, 2.75) is 52.2 Å². The van der Waals surface area contributed by atoms with Crippen LogP contribution >= 0.6 is 11.3 Å². The highest BCUT2D eigenvalue weighted by atomic mass is 32.1. The first kappa shape index (κ1) is 25.9. The van der Waals surface area contributed by atoms with Gasteiger partial charge in [-0.3, -0.25) is 4.79 Å². The fourth-order valence-electron chi connectivity index (χ4n) is 4.72. The predicted octanol–water partition coefficient (Wildman–Crippen LogP) is 6.77. The van der Waals surface area contributed by atoms with Gasteiger partial charge in [0.25, 0.3) is 5.91 Å². The molecule has 0 saturated heterocycles. The van der Waals surface area contributed by atoms with E-state index in [0.29, 0.717) is 25.3 Å². The second-order valence-corrected chi connectivity index (χ2v) is 10.3. The van der Waals surface area contributed by atoms with E-state index < -0.39 is 0 Å². The summed E-state index contributed by atoms with van der Waals surface area (Å²) >= 11 is 1.54. The molecule has 0 bridgehead atoms. The molecule has 38 heavy (non-hydrogen) atoms. The van der Waals surface area contributed by atoms with E-state index in [1.807, 2.05) is 54.8 Å². The number of carbonyl (C=O) groups excluding carboxylic acids is 1. The van der Waals surface area contributed by atoms with Crippen molar-refractivity contribution in [2.24, 2.45) is 0 Å². The first-order valence-corrected chi connectivity index (χ1v) is 13.9. The average Bonchev–Trinajstić information content (AvgIpc) is 3.70. The van der Waals surface area contributed by atoms with Crippen molar-refractivity contribution in [2.75, 3.05) is 13.7 Å². The Kier molecular flexibility index (Phi) is 8.28. The summed E-state index contributed by atoms with van der Waals surface area (Å²) in [5.41, 5.74) is 4.69. The number of amides is 1. The highest BCUT2D eigenvalue weighted by Gasteiger charge is 2.21. The van der Waals surface area contributed by atoms with Gasteiger partial charge in [0.2, 0.25) is 0 Å². The van der Waals surface area contributed by atoms with Gasteiger partial charge < -0.3 is 23.8 Å². The molecule has 0 radical (unpaired) electrons. The molecule has 0 atom stereocenters. The van der Waals surface area contributed by atoms with E-state index in [-0.39, 0.29) is 5.91 Å². The Morgan fingerprint density at radius 3 is 2.76 bits per heavy atom. The zero-order valence-electron chi connectivity index (χ0n) is 21.9. The van der Waals surface area contributed by atoms with E-state index in [4.69, 9.17) is 18.9 Å². The minimum atomic E-state index is -0.0587. The second-order valence-electron chi connectivity index (χ2n) is 9.40. The zero-order chi connectivity index (χ0) is 26.3. The van der Waals surface area contributed by atoms with Gasteiger partial charge in [0.1, 0.15) is 28.9 Å². The molecule has 0 spiro atoms. The molecule has 8 heteroatoms. The highest BCUT2D eigenvalue weighted by Crippen LogP contribution is 2.29. The maximum Gasteiger partial charge on any atom is 0.253 e. The molecule has 0 aliphatic heterocycles. The Hall–Kier alpha value is -3.78. The van der Waals surface area contributed by atoms with Crippen LogP contribution in [0.25, 0.3) is 11.4 Å². The summed E-state index contributed by atoms with van der Waals surface area (Å²) < 4.78 is 18.8. The lowest BCUT2D eigenvalue weighted by atomic mass is 9.97. The van der Waals surface area contributed by atoms with Crippen molar-refractivity contribution in [3.05, 3.63) is 87.8 Å². The van der Waals surface area contributed by atoms with Crippen LogP contribution in [0.4, 0.5) is 0 Å². The SMILES string of the molecule is COc1ccc(OCc2nc(-c3cc(C(=O)NCCC4=CCCCC4)c(C)n3Cc3ccco3)cs2)cc1. The molecule has 198 valence electrons. The van der Waals surface area contributed by atoms with Gasteiger partial charge in [0.05, 0.1) is 36.9 Å². The van der Waals surface area contributed by atoms with E-state index >= 15 is 0 Å². The molecule has 1 aliphatic rings. The number of carbonyl (C=O) groups is 1. The van der Waals surface area contributed by atoms with Gasteiger partial charge in [-0.05, 0) is 81.5 Å². The summed E-state index contributed by atoms with van der Waals surface area (Å²) in [7, 11) is 1.64. The zero-order valence-corrected chi connectivity index (χ0v) is 22.7. The van der Waals surface area contributed by atoms with Crippen molar-refractivity contribution >= 4 is 17.2 Å². The maximum absolute atomic E-state index is 13.2. The maximum atomic E-state index is 13.2. The predicted molar refractivity (Wildman–Crippen MR) is 149 cm³/mol. The molecule has 1 aliphatic carbocycles. The van der Waals surface area contributed by atoms with E-state index in [2.05, 4.69) is 16.0 Å². The average molecular weight is 532 g/mol. The highest BCUT2D eigenvalue weighted by molar-refractivity contribution is 7.09. The fraction of sp³-hybridized carbons (Fsp3) is 0.333. The Labute approximate surface area is 227 Å². The van der Waals surface area contributed by atoms with Crippen LogP contribution in [0.15, 0.2) is 70.2 Å². The van der Waals surface area contributed by atoms with Gasteiger partial charge in [-0.2, -0.15) is 0 Å². The number of aromatic nitrogens is 2. The third-order valence-electron chi connectivity index (χ3n) is 6.86. The van der Waals surface area contributed by atoms with Crippen LogP contribution in [-0.4, -0.2) is 29.1 Å². The number of furan rings is 1. The molecule has 0 unspecified atom stereocenters. The van der Waals surface area contributed by atoms with Crippen LogP contribution in [0, 0.1) is 6.92 Å². The molecular formula is C30H33N3O4S. The normalized spacial score (nSPS) is 13.3. The van der Waals surface area contributed by atoms with E-state index in [1.54, 1.807) is 13.4 Å². The number of hydrogen-bond donors (Lipinski definition) is 1. The summed E-state index contributed by atoms with van der Waals surface area (Å²) in [6.45, 7) is 3.50. The van der Waals surface area contributed by atoms with Gasteiger partial charge in [-0.15, -0.1) is 11.3 Å². The number of nitrogens with zero attached hydrogens (tertiary/aromatic N) is 2. The van der Waals surface area contributed by atoms with Gasteiger partial charge in [0.15, 0.2) is 0 Å². The van der Waals surface area contributed by atoms with E-state index in [1.165, 1.54) is 29.8 Å². The standard InChI is InChI=1S/C30H33N3O4S/c1-21-26(30(34)31-15-14-22-7-4-3-5-8-22)17-28(33(21)18-25-9-6-16-36-25)27-20-38-29(32-27)19-37-24-12-10-23(35-2)11-13-24/h6-7,9-13,16-17,20H,3-5,8,14-15,18-19H2,1-2H3,(H,31,34). The van der Waals surface area contributed by atoms with Gasteiger partial charge in [0, 0.05) is 17.6 Å². The molecule has 3 aromatic heterocycles. The Bertz CT molecular complexity index is 1380. The Balaban J connectivity index is 1.32. The topological polar surface area (TPSA) is 78.5 Å². The third kappa shape index (κ3) is 6.19. The second kappa shape index (κ2) is 12.2. The van der Waals surface area contributed by atoms with Crippen LogP contribution in [0.2, 0.25) is 0 Å². The van der Waals surface area contributed by atoms with Gasteiger partial charge in [-0.25, -0.2) is 4.98 Å². The fourth-order valence-corrected chi connectivity index (χ4v) is 5.42. The van der Waals surface area contributed by atoms with Gasteiger partial charge in [-0.1, -0.05) is 11.6 Å². The monoisotopic (exact) mass is 531 g/mol. The van der Waals surface area contributed by atoms with Crippen molar-refractivity contribution in [1.82, 2.24) is 14.9 Å². The first-order valence-electron chi connectivity index (χ1n) is 13.0. The number of benzene rings is 1. The number of rotatable bonds is 11. The summed E-state index contributed by atoms with van der Waals surface area (Å²) in [5.74, 6) is 2.30. The quantitative estimate of drug-likeness (QED) is 0.216. The molecule has 5 rings (SSSR count). The molecular weight excluding hydrogens is 498 g/mol. The van der Waals surface area contributed by atoms with Crippen molar-refractivity contribution in [3.8, 4) is 22.9 Å². The molecule has 1 N–H and O–H groups in total. The lowest BCUT2D eigenvalue weighted by molar-refractivity contribution is 0.0953. The number of allylic oxidation sites excluding steroid dienone is 1. The van der Waals surface area contributed by atoms with Crippen LogP contribution < -0.4 is 14.8 Å². The molecule has 1 aromatic carbocycles. The summed E-state index contributed by atoms with van der Waals surface area (Å²) in [4.78, 5) is 18.0. The number of ether oxygens (including phenoxy) is 2. The largest absolute Gasteiger partial charge is 0.497 e. The molecule has 1 amide bonds. The molecule has 4 aromatic rings. The number of thiazole rings is 1. The summed E-state index contributed by atoms with van der Waals surface area (Å²) in [6, 6.07) is 13.2. The van der Waals surface area contributed by atoms with Crippen LogP contribution in [-0.2, 0) is 13.2 Å². The number of methoxy groups -OCH3 is 1. The van der Waals surface area contributed by atoms with Crippen molar-refractivity contribution < 1.29 is 18.7 Å². The van der Waals surface area contributed by atoms with Crippen LogP contribution in [0.1, 0.15) is 58.9 Å². The molecule has 0 saturated carbocycles.